The quantitative estimate of drug-likeness (QED) is 0.721. The molecule has 0 aromatic heterocycles. The molecule has 1 N–H and O–H groups in total. The summed E-state index contributed by atoms with van der Waals surface area (Å²) in [6, 6.07) is 19.0. The van der Waals surface area contributed by atoms with Gasteiger partial charge in [-0.1, -0.05) is 36.4 Å². The van der Waals surface area contributed by atoms with Crippen molar-refractivity contribution in [3.63, 3.8) is 0 Å². The first-order chi connectivity index (χ1) is 13.5. The van der Waals surface area contributed by atoms with E-state index in [-0.39, 0.29) is 11.7 Å². The number of hydrogen-bond donors (Lipinski definition) is 1. The Morgan fingerprint density at radius 2 is 1.82 bits per heavy atom. The first-order valence-corrected chi connectivity index (χ1v) is 11.0. The van der Waals surface area contributed by atoms with Crippen molar-refractivity contribution >= 4 is 38.1 Å². The summed E-state index contributed by atoms with van der Waals surface area (Å²) in [6.45, 7) is 2.13. The van der Waals surface area contributed by atoms with Crippen LogP contribution in [-0.2, 0) is 16.4 Å². The van der Waals surface area contributed by atoms with E-state index in [0.717, 1.165) is 29.2 Å². The van der Waals surface area contributed by atoms with E-state index in [0.29, 0.717) is 23.5 Å². The third-order valence-electron chi connectivity index (χ3n) is 5.13. The Bertz CT molecular complexity index is 1160. The van der Waals surface area contributed by atoms with Crippen LogP contribution in [0.4, 0.5) is 11.4 Å². The number of amides is 1. The lowest BCUT2D eigenvalue weighted by atomic mass is 10.0. The van der Waals surface area contributed by atoms with Gasteiger partial charge in [0.25, 0.3) is 5.91 Å². The number of nitrogens with one attached hydrogen (secondary N) is 1. The van der Waals surface area contributed by atoms with Gasteiger partial charge in [-0.25, -0.2) is 8.42 Å². The topological polar surface area (TPSA) is 66.5 Å². The molecule has 1 heterocycles. The Morgan fingerprint density at radius 3 is 2.61 bits per heavy atom. The van der Waals surface area contributed by atoms with Gasteiger partial charge in [0.2, 0.25) is 10.0 Å². The van der Waals surface area contributed by atoms with E-state index in [1.54, 1.807) is 19.1 Å². The molecule has 1 aliphatic rings. The first-order valence-electron chi connectivity index (χ1n) is 9.41. The zero-order chi connectivity index (χ0) is 19.7. The maximum atomic E-state index is 12.7. The van der Waals surface area contributed by atoms with Gasteiger partial charge in [0, 0.05) is 17.8 Å². The molecule has 5 nitrogen and oxygen atoms in total. The third kappa shape index (κ3) is 3.47. The largest absolute Gasteiger partial charge is 0.322 e. The van der Waals surface area contributed by atoms with Gasteiger partial charge >= 0.3 is 0 Å². The molecule has 0 fully saturated rings. The van der Waals surface area contributed by atoms with Gasteiger partial charge in [-0.05, 0) is 60.4 Å². The number of sulfonamides is 1. The minimum Gasteiger partial charge on any atom is -0.322 e. The predicted octanol–water partition coefficient (Wildman–Crippen LogP) is 4.19. The van der Waals surface area contributed by atoms with Crippen LogP contribution in [0, 0.1) is 0 Å². The van der Waals surface area contributed by atoms with Crippen molar-refractivity contribution in [2.75, 3.05) is 21.9 Å². The van der Waals surface area contributed by atoms with Gasteiger partial charge < -0.3 is 5.32 Å². The maximum Gasteiger partial charge on any atom is 0.255 e. The minimum absolute atomic E-state index is 0.0557. The Balaban J connectivity index is 1.63. The summed E-state index contributed by atoms with van der Waals surface area (Å²) in [5, 5.41) is 4.98. The second-order valence-electron chi connectivity index (χ2n) is 6.94. The van der Waals surface area contributed by atoms with Crippen molar-refractivity contribution in [2.45, 2.75) is 19.8 Å². The molecule has 4 rings (SSSR count). The summed E-state index contributed by atoms with van der Waals surface area (Å²) >= 11 is 0. The molecule has 0 saturated heterocycles. The number of carbonyl (C=O) groups is 1. The average Bonchev–Trinajstić information content (AvgIpc) is 2.72. The Hall–Kier alpha value is -2.86. The van der Waals surface area contributed by atoms with Crippen molar-refractivity contribution in [2.24, 2.45) is 0 Å². The smallest absolute Gasteiger partial charge is 0.255 e. The van der Waals surface area contributed by atoms with Crippen LogP contribution in [0.1, 0.15) is 29.3 Å². The second kappa shape index (κ2) is 7.28. The molecule has 28 heavy (non-hydrogen) atoms. The number of nitrogens with zero attached hydrogens (tertiary/aromatic N) is 1. The average molecular weight is 394 g/mol. The molecule has 0 atom stereocenters. The molecule has 3 aromatic rings. The van der Waals surface area contributed by atoms with Gasteiger partial charge in [-0.3, -0.25) is 9.10 Å². The third-order valence-corrected chi connectivity index (χ3v) is 6.91. The van der Waals surface area contributed by atoms with Crippen molar-refractivity contribution in [1.82, 2.24) is 0 Å². The molecule has 144 valence electrons. The summed E-state index contributed by atoms with van der Waals surface area (Å²) in [5.74, 6) is -0.161. The van der Waals surface area contributed by atoms with Crippen molar-refractivity contribution in [3.05, 3.63) is 71.8 Å². The maximum absolute atomic E-state index is 12.7. The number of aryl methyl sites for hydroxylation is 1. The van der Waals surface area contributed by atoms with Crippen LogP contribution in [0.5, 0.6) is 0 Å². The highest BCUT2D eigenvalue weighted by molar-refractivity contribution is 7.92. The van der Waals surface area contributed by atoms with Gasteiger partial charge in [-0.2, -0.15) is 0 Å². The molecule has 1 aliphatic heterocycles. The molecule has 0 spiro atoms. The monoisotopic (exact) mass is 394 g/mol. The SMILES string of the molecule is CCS(=O)(=O)N1CCCc2ccc(NC(=O)c3ccc4ccccc4c3)cc21. The first kappa shape index (κ1) is 18.5. The van der Waals surface area contributed by atoms with Crippen molar-refractivity contribution in [1.29, 1.82) is 0 Å². The van der Waals surface area contributed by atoms with E-state index in [2.05, 4.69) is 5.32 Å². The van der Waals surface area contributed by atoms with Crippen LogP contribution < -0.4 is 9.62 Å². The summed E-state index contributed by atoms with van der Waals surface area (Å²) in [7, 11) is -3.34. The second-order valence-corrected chi connectivity index (χ2v) is 9.12. The molecular weight excluding hydrogens is 372 g/mol. The molecule has 1 amide bonds. The van der Waals surface area contributed by atoms with Crippen LogP contribution in [0.3, 0.4) is 0 Å². The van der Waals surface area contributed by atoms with E-state index in [1.165, 1.54) is 4.31 Å². The van der Waals surface area contributed by atoms with Gasteiger partial charge in [0.05, 0.1) is 11.4 Å². The van der Waals surface area contributed by atoms with Crippen LogP contribution in [-0.4, -0.2) is 26.6 Å². The summed E-state index contributed by atoms with van der Waals surface area (Å²) in [5.41, 5.74) is 2.82. The van der Waals surface area contributed by atoms with Gasteiger partial charge in [0.1, 0.15) is 0 Å². The minimum atomic E-state index is -3.34. The molecule has 6 heteroatoms. The molecule has 0 bridgehead atoms. The number of carbonyl (C=O) groups excluding carboxylic acids is 1. The zero-order valence-electron chi connectivity index (χ0n) is 15.7. The molecule has 0 saturated carbocycles. The van der Waals surface area contributed by atoms with Gasteiger partial charge in [-0.15, -0.1) is 0 Å². The fourth-order valence-corrected chi connectivity index (χ4v) is 4.79. The van der Waals surface area contributed by atoms with E-state index in [4.69, 9.17) is 0 Å². The van der Waals surface area contributed by atoms with Crippen LogP contribution in [0.2, 0.25) is 0 Å². The molecule has 0 aliphatic carbocycles. The van der Waals surface area contributed by atoms with Crippen molar-refractivity contribution < 1.29 is 13.2 Å². The fraction of sp³-hybridized carbons (Fsp3) is 0.227. The molecule has 3 aromatic carbocycles. The van der Waals surface area contributed by atoms with E-state index in [9.17, 15) is 13.2 Å². The van der Waals surface area contributed by atoms with Gasteiger partial charge in [0.15, 0.2) is 0 Å². The highest BCUT2D eigenvalue weighted by Crippen LogP contribution is 2.32. The number of hydrogen-bond acceptors (Lipinski definition) is 3. The summed E-state index contributed by atoms with van der Waals surface area (Å²) in [6.07, 6.45) is 1.64. The van der Waals surface area contributed by atoms with Crippen molar-refractivity contribution in [3.8, 4) is 0 Å². The zero-order valence-corrected chi connectivity index (χ0v) is 16.5. The molecular formula is C22H22N2O3S. The number of rotatable bonds is 4. The summed E-state index contributed by atoms with van der Waals surface area (Å²) < 4.78 is 26.3. The highest BCUT2D eigenvalue weighted by atomic mass is 32.2. The Labute approximate surface area is 165 Å². The predicted molar refractivity (Wildman–Crippen MR) is 113 cm³/mol. The van der Waals surface area contributed by atoms with Crippen LogP contribution in [0.15, 0.2) is 60.7 Å². The normalized spacial score (nSPS) is 14.0. The van der Waals surface area contributed by atoms with E-state index in [1.807, 2.05) is 48.5 Å². The van der Waals surface area contributed by atoms with Crippen LogP contribution in [0.25, 0.3) is 10.8 Å². The number of benzene rings is 3. The lowest BCUT2D eigenvalue weighted by Gasteiger charge is -2.30. The Morgan fingerprint density at radius 1 is 1.04 bits per heavy atom. The summed E-state index contributed by atoms with van der Waals surface area (Å²) in [4.78, 5) is 12.7. The number of fused-ring (bicyclic) bond motifs is 2. The standard InChI is InChI=1S/C22H22N2O3S/c1-2-28(26,27)24-13-5-8-17-11-12-20(15-21(17)24)23-22(25)19-10-9-16-6-3-4-7-18(16)14-19/h3-4,6-7,9-12,14-15H,2,5,8,13H2,1H3,(H,23,25). The highest BCUT2D eigenvalue weighted by Gasteiger charge is 2.26. The lowest BCUT2D eigenvalue weighted by molar-refractivity contribution is 0.102. The molecule has 0 radical (unpaired) electrons. The fourth-order valence-electron chi connectivity index (χ4n) is 3.60. The Kier molecular flexibility index (Phi) is 4.81. The number of anilines is 2. The van der Waals surface area contributed by atoms with E-state index >= 15 is 0 Å². The lowest BCUT2D eigenvalue weighted by Crippen LogP contribution is -2.36. The van der Waals surface area contributed by atoms with E-state index < -0.39 is 10.0 Å². The molecule has 0 unspecified atom stereocenters. The van der Waals surface area contributed by atoms with Crippen LogP contribution >= 0.6 is 0 Å².